The first-order valence-corrected chi connectivity index (χ1v) is 6.00. The van der Waals surface area contributed by atoms with Crippen molar-refractivity contribution >= 4 is 5.97 Å². The van der Waals surface area contributed by atoms with E-state index in [1.807, 2.05) is 20.8 Å². The molecule has 1 heterocycles. The Labute approximate surface area is 106 Å². The maximum Gasteiger partial charge on any atom is 0.307 e. The van der Waals surface area contributed by atoms with Gasteiger partial charge < -0.3 is 14.4 Å². The van der Waals surface area contributed by atoms with Crippen molar-refractivity contribution in [1.82, 2.24) is 10.1 Å². The van der Waals surface area contributed by atoms with E-state index in [1.165, 1.54) is 0 Å². The monoisotopic (exact) mass is 256 g/mol. The molecule has 0 spiro atoms. The van der Waals surface area contributed by atoms with Gasteiger partial charge in [0.1, 0.15) is 5.60 Å². The van der Waals surface area contributed by atoms with Crippen LogP contribution in [0.25, 0.3) is 0 Å². The molecule has 6 nitrogen and oxygen atoms in total. The lowest BCUT2D eigenvalue weighted by Crippen LogP contribution is -2.23. The molecule has 0 saturated heterocycles. The van der Waals surface area contributed by atoms with Crippen molar-refractivity contribution in [1.29, 1.82) is 0 Å². The van der Waals surface area contributed by atoms with E-state index >= 15 is 0 Å². The van der Waals surface area contributed by atoms with E-state index in [-0.39, 0.29) is 5.92 Å². The van der Waals surface area contributed by atoms with Gasteiger partial charge in [0.15, 0.2) is 0 Å². The predicted octanol–water partition coefficient (Wildman–Crippen LogP) is 2.17. The molecule has 0 saturated carbocycles. The standard InChI is InChI=1S/C12H20N2O4/c1-6-17-12(4,5)11-13-9(18-14-11)7(2)8(3)10(15)16/h7-8H,6H2,1-5H3,(H,15,16). The van der Waals surface area contributed by atoms with Gasteiger partial charge in [0, 0.05) is 12.5 Å². The summed E-state index contributed by atoms with van der Waals surface area (Å²) in [6.07, 6.45) is 0. The lowest BCUT2D eigenvalue weighted by Gasteiger charge is -2.19. The number of hydrogen-bond donors (Lipinski definition) is 1. The van der Waals surface area contributed by atoms with Gasteiger partial charge in [-0.15, -0.1) is 0 Å². The van der Waals surface area contributed by atoms with E-state index in [4.69, 9.17) is 14.4 Å². The Morgan fingerprint density at radius 3 is 2.61 bits per heavy atom. The summed E-state index contributed by atoms with van der Waals surface area (Å²) in [5.41, 5.74) is -0.636. The average molecular weight is 256 g/mol. The molecule has 2 unspecified atom stereocenters. The van der Waals surface area contributed by atoms with Gasteiger partial charge >= 0.3 is 5.97 Å². The van der Waals surface area contributed by atoms with Gasteiger partial charge in [0.2, 0.25) is 11.7 Å². The summed E-state index contributed by atoms with van der Waals surface area (Å²) < 4.78 is 10.6. The largest absolute Gasteiger partial charge is 0.481 e. The molecule has 18 heavy (non-hydrogen) atoms. The molecule has 2 atom stereocenters. The van der Waals surface area contributed by atoms with Crippen molar-refractivity contribution in [3.8, 4) is 0 Å². The Kier molecular flexibility index (Phi) is 4.45. The van der Waals surface area contributed by atoms with Gasteiger partial charge in [0.05, 0.1) is 5.92 Å². The van der Waals surface area contributed by atoms with Crippen LogP contribution in [0, 0.1) is 5.92 Å². The molecule has 1 aromatic rings. The van der Waals surface area contributed by atoms with E-state index in [0.29, 0.717) is 18.3 Å². The van der Waals surface area contributed by atoms with Gasteiger partial charge in [-0.25, -0.2) is 0 Å². The highest BCUT2D eigenvalue weighted by Gasteiger charge is 2.31. The number of ether oxygens (including phenoxy) is 1. The van der Waals surface area contributed by atoms with Crippen molar-refractivity contribution in [3.63, 3.8) is 0 Å². The van der Waals surface area contributed by atoms with Gasteiger partial charge in [-0.3, -0.25) is 4.79 Å². The van der Waals surface area contributed by atoms with Crippen LogP contribution in [0.4, 0.5) is 0 Å². The third-order valence-corrected chi connectivity index (χ3v) is 3.01. The molecule has 0 radical (unpaired) electrons. The molecule has 0 fully saturated rings. The van der Waals surface area contributed by atoms with E-state index in [0.717, 1.165) is 0 Å². The molecular weight excluding hydrogens is 236 g/mol. The second-order valence-electron chi connectivity index (χ2n) is 4.82. The van der Waals surface area contributed by atoms with Crippen LogP contribution in [0.15, 0.2) is 4.52 Å². The minimum absolute atomic E-state index is 0.327. The smallest absolute Gasteiger partial charge is 0.307 e. The van der Waals surface area contributed by atoms with Crippen LogP contribution in [0.2, 0.25) is 0 Å². The lowest BCUT2D eigenvalue weighted by molar-refractivity contribution is -0.141. The van der Waals surface area contributed by atoms with Crippen molar-refractivity contribution < 1.29 is 19.2 Å². The van der Waals surface area contributed by atoms with E-state index in [9.17, 15) is 4.79 Å². The SMILES string of the molecule is CCOC(C)(C)c1noc(C(C)C(C)C(=O)O)n1. The number of aromatic nitrogens is 2. The van der Waals surface area contributed by atoms with Crippen LogP contribution in [0.5, 0.6) is 0 Å². The molecule has 0 aliphatic rings. The van der Waals surface area contributed by atoms with Crippen LogP contribution in [0.1, 0.15) is 52.3 Å². The van der Waals surface area contributed by atoms with Gasteiger partial charge in [-0.2, -0.15) is 4.98 Å². The molecule has 6 heteroatoms. The second kappa shape index (κ2) is 5.48. The zero-order valence-electron chi connectivity index (χ0n) is 11.4. The van der Waals surface area contributed by atoms with E-state index in [2.05, 4.69) is 10.1 Å². The highest BCUT2D eigenvalue weighted by molar-refractivity contribution is 5.70. The Hall–Kier alpha value is -1.43. The predicted molar refractivity (Wildman–Crippen MR) is 64.2 cm³/mol. The number of carbonyl (C=O) groups is 1. The zero-order chi connectivity index (χ0) is 13.9. The first kappa shape index (κ1) is 14.6. The number of rotatable bonds is 6. The fraction of sp³-hybridized carbons (Fsp3) is 0.750. The second-order valence-corrected chi connectivity index (χ2v) is 4.82. The highest BCUT2D eigenvalue weighted by atomic mass is 16.5. The van der Waals surface area contributed by atoms with Crippen molar-refractivity contribution in [2.24, 2.45) is 5.92 Å². The molecule has 0 aromatic carbocycles. The summed E-state index contributed by atoms with van der Waals surface area (Å²) in [6, 6.07) is 0. The number of carboxylic acid groups (broad SMARTS) is 1. The van der Waals surface area contributed by atoms with E-state index in [1.54, 1.807) is 13.8 Å². The maximum atomic E-state index is 10.9. The lowest BCUT2D eigenvalue weighted by atomic mass is 9.96. The third kappa shape index (κ3) is 3.07. The molecule has 1 aromatic heterocycles. The van der Waals surface area contributed by atoms with Crippen LogP contribution in [-0.2, 0) is 15.1 Å². The molecule has 102 valence electrons. The third-order valence-electron chi connectivity index (χ3n) is 3.01. The van der Waals surface area contributed by atoms with Gasteiger partial charge in [0.25, 0.3) is 0 Å². The molecule has 1 N–H and O–H groups in total. The van der Waals surface area contributed by atoms with Crippen molar-refractivity contribution in [3.05, 3.63) is 11.7 Å². The summed E-state index contributed by atoms with van der Waals surface area (Å²) in [5, 5.41) is 12.8. The van der Waals surface area contributed by atoms with Gasteiger partial charge in [-0.1, -0.05) is 19.0 Å². The van der Waals surface area contributed by atoms with Crippen LogP contribution >= 0.6 is 0 Å². The Morgan fingerprint density at radius 2 is 2.11 bits per heavy atom. The normalized spacial score (nSPS) is 15.4. The minimum atomic E-state index is -0.883. The number of hydrogen-bond acceptors (Lipinski definition) is 5. The van der Waals surface area contributed by atoms with Crippen molar-refractivity contribution in [2.75, 3.05) is 6.61 Å². The van der Waals surface area contributed by atoms with Crippen LogP contribution < -0.4 is 0 Å². The fourth-order valence-electron chi connectivity index (χ4n) is 1.52. The molecular formula is C12H20N2O4. The quantitative estimate of drug-likeness (QED) is 0.839. The number of carboxylic acids is 1. The highest BCUT2D eigenvalue weighted by Crippen LogP contribution is 2.27. The van der Waals surface area contributed by atoms with Crippen molar-refractivity contribution in [2.45, 2.75) is 46.1 Å². The number of nitrogens with zero attached hydrogens (tertiary/aromatic N) is 2. The average Bonchev–Trinajstić information content (AvgIpc) is 2.76. The van der Waals surface area contributed by atoms with Crippen LogP contribution in [0.3, 0.4) is 0 Å². The van der Waals surface area contributed by atoms with Gasteiger partial charge in [-0.05, 0) is 20.8 Å². The zero-order valence-corrected chi connectivity index (χ0v) is 11.4. The van der Waals surface area contributed by atoms with Crippen LogP contribution in [-0.4, -0.2) is 27.8 Å². The first-order valence-electron chi connectivity index (χ1n) is 6.00. The molecule has 0 aliphatic heterocycles. The fourth-order valence-corrected chi connectivity index (χ4v) is 1.52. The molecule has 0 amide bonds. The molecule has 0 bridgehead atoms. The Balaban J connectivity index is 2.89. The number of aliphatic carboxylic acids is 1. The molecule has 0 aliphatic carbocycles. The first-order chi connectivity index (χ1) is 8.29. The summed E-state index contributed by atoms with van der Waals surface area (Å²) in [4.78, 5) is 15.1. The Morgan fingerprint density at radius 1 is 1.50 bits per heavy atom. The topological polar surface area (TPSA) is 85.5 Å². The summed E-state index contributed by atoms with van der Waals surface area (Å²) in [7, 11) is 0. The maximum absolute atomic E-state index is 10.9. The summed E-state index contributed by atoms with van der Waals surface area (Å²) in [6.45, 7) is 9.48. The Bertz CT molecular complexity index is 414. The minimum Gasteiger partial charge on any atom is -0.481 e. The molecule has 1 rings (SSSR count). The summed E-state index contributed by atoms with van der Waals surface area (Å²) >= 11 is 0. The summed E-state index contributed by atoms with van der Waals surface area (Å²) in [5.74, 6) is -1.03. The van der Waals surface area contributed by atoms with E-state index < -0.39 is 17.5 Å².